The first-order valence-corrected chi connectivity index (χ1v) is 16.4. The molecule has 0 saturated heterocycles. The maximum atomic E-state index is 13.3. The highest BCUT2D eigenvalue weighted by Gasteiger charge is 2.28. The Morgan fingerprint density at radius 2 is 1.19 bits per heavy atom. The Morgan fingerprint density at radius 1 is 0.690 bits per heavy atom. The topological polar surface area (TPSA) is 184 Å². The maximum absolute atomic E-state index is 13.3. The highest BCUT2D eigenvalue weighted by molar-refractivity contribution is 7.99. The SMILES string of the molecule is CNCCCC[C@H](NC)C(=O)NCCCC[C@H](NC(=O)[C@H](CCCCNC)NC)C(=O)C[C@@H](CSCC(C)=O)C(N)=O. The normalized spacial score (nSPS) is 14.0. The lowest BCUT2D eigenvalue weighted by Gasteiger charge is -2.23. The van der Waals surface area contributed by atoms with E-state index in [0.29, 0.717) is 32.2 Å². The minimum atomic E-state index is -0.779. The number of likely N-dealkylation sites (N-methyl/N-ethyl adjacent to an activating group) is 2. The summed E-state index contributed by atoms with van der Waals surface area (Å²) in [7, 11) is 7.28. The monoisotopic (exact) mass is 615 g/mol. The van der Waals surface area contributed by atoms with E-state index >= 15 is 0 Å². The van der Waals surface area contributed by atoms with E-state index in [9.17, 15) is 24.0 Å². The molecule has 42 heavy (non-hydrogen) atoms. The quantitative estimate of drug-likeness (QED) is 0.0596. The third-order valence-electron chi connectivity index (χ3n) is 7.07. The number of Topliss-reactive ketones (excluding diaryl/α,β-unsaturated/α-hetero) is 2. The Hall–Kier alpha value is -2.06. The molecule has 0 aromatic heterocycles. The molecule has 0 fully saturated rings. The predicted octanol–water partition coefficient (Wildman–Crippen LogP) is 0.0960. The number of carbonyl (C=O) groups excluding carboxylic acids is 5. The van der Waals surface area contributed by atoms with E-state index < -0.39 is 23.9 Å². The van der Waals surface area contributed by atoms with Gasteiger partial charge in [-0.25, -0.2) is 0 Å². The second-order valence-electron chi connectivity index (χ2n) is 10.7. The molecule has 0 aromatic carbocycles. The maximum Gasteiger partial charge on any atom is 0.237 e. The van der Waals surface area contributed by atoms with Crippen LogP contribution in [0.3, 0.4) is 0 Å². The molecule has 12 nitrogen and oxygen atoms in total. The van der Waals surface area contributed by atoms with Crippen LogP contribution in [-0.4, -0.2) is 107 Å². The van der Waals surface area contributed by atoms with Gasteiger partial charge in [0.25, 0.3) is 0 Å². The van der Waals surface area contributed by atoms with Gasteiger partial charge in [0.1, 0.15) is 5.78 Å². The fraction of sp³-hybridized carbons (Fsp3) is 0.828. The van der Waals surface area contributed by atoms with Crippen LogP contribution in [0.15, 0.2) is 0 Å². The Morgan fingerprint density at radius 3 is 1.67 bits per heavy atom. The molecule has 0 spiro atoms. The molecule has 244 valence electrons. The highest BCUT2D eigenvalue weighted by atomic mass is 32.2. The van der Waals surface area contributed by atoms with Crippen LogP contribution in [0.25, 0.3) is 0 Å². The van der Waals surface area contributed by atoms with Gasteiger partial charge in [-0.1, -0.05) is 12.8 Å². The Bertz CT molecular complexity index is 802. The molecular weight excluding hydrogens is 558 g/mol. The van der Waals surface area contributed by atoms with Crippen LogP contribution in [0.1, 0.15) is 71.1 Å². The van der Waals surface area contributed by atoms with Crippen molar-refractivity contribution in [3.63, 3.8) is 0 Å². The molecule has 0 aromatic rings. The van der Waals surface area contributed by atoms with Gasteiger partial charge in [-0.05, 0) is 93.1 Å². The van der Waals surface area contributed by atoms with E-state index in [0.717, 1.165) is 45.2 Å². The summed E-state index contributed by atoms with van der Waals surface area (Å²) in [5.41, 5.74) is 5.56. The number of thioether (sulfide) groups is 1. The number of unbranched alkanes of at least 4 members (excludes halogenated alkanes) is 3. The van der Waals surface area contributed by atoms with Gasteiger partial charge < -0.3 is 37.6 Å². The van der Waals surface area contributed by atoms with Crippen molar-refractivity contribution in [2.45, 2.75) is 89.3 Å². The predicted molar refractivity (Wildman–Crippen MR) is 170 cm³/mol. The number of nitrogens with one attached hydrogen (secondary N) is 6. The summed E-state index contributed by atoms with van der Waals surface area (Å²) in [6.45, 7) is 3.69. The van der Waals surface area contributed by atoms with E-state index in [1.165, 1.54) is 18.7 Å². The van der Waals surface area contributed by atoms with E-state index in [1.54, 1.807) is 14.1 Å². The van der Waals surface area contributed by atoms with Gasteiger partial charge in [0, 0.05) is 18.7 Å². The Balaban J connectivity index is 5.16. The molecule has 13 heteroatoms. The lowest BCUT2D eigenvalue weighted by atomic mass is 9.95. The largest absolute Gasteiger partial charge is 0.369 e. The fourth-order valence-electron chi connectivity index (χ4n) is 4.48. The van der Waals surface area contributed by atoms with Crippen LogP contribution in [-0.2, 0) is 24.0 Å². The number of primary amides is 1. The van der Waals surface area contributed by atoms with Crippen LogP contribution in [0.5, 0.6) is 0 Å². The summed E-state index contributed by atoms with van der Waals surface area (Å²) < 4.78 is 0. The molecule has 4 atom stereocenters. The molecule has 0 aliphatic rings. The zero-order valence-corrected chi connectivity index (χ0v) is 27.3. The smallest absolute Gasteiger partial charge is 0.237 e. The van der Waals surface area contributed by atoms with Crippen molar-refractivity contribution >= 4 is 41.0 Å². The van der Waals surface area contributed by atoms with Gasteiger partial charge in [0.05, 0.1) is 29.8 Å². The van der Waals surface area contributed by atoms with Gasteiger partial charge in [-0.3, -0.25) is 24.0 Å². The standard InChI is InChI=1S/C29H57N7O5S/c1-21(37)19-42-20-22(27(30)39)18-26(38)23(36-29(41)25(34-5)14-7-10-16-32-3)12-8-11-17-35-28(40)24(33-4)13-6-9-15-31-2/h22-25,31-34H,6-20H2,1-5H3,(H2,30,39)(H,35,40)(H,36,41)/t22-,23-,24-,25-/m0/s1. The van der Waals surface area contributed by atoms with Crippen LogP contribution in [0, 0.1) is 5.92 Å². The first-order chi connectivity index (χ1) is 20.1. The van der Waals surface area contributed by atoms with Gasteiger partial charge >= 0.3 is 0 Å². The number of hydrogen-bond donors (Lipinski definition) is 7. The van der Waals surface area contributed by atoms with E-state index in [2.05, 4.69) is 31.9 Å². The third-order valence-corrected chi connectivity index (χ3v) is 8.32. The summed E-state index contributed by atoms with van der Waals surface area (Å²) in [5.74, 6) is -1.42. The average molecular weight is 616 g/mol. The first kappa shape index (κ1) is 39.9. The number of hydrogen-bond acceptors (Lipinski definition) is 10. The fourth-order valence-corrected chi connectivity index (χ4v) is 5.45. The number of ketones is 2. The lowest BCUT2D eigenvalue weighted by molar-refractivity contribution is -0.131. The van der Waals surface area contributed by atoms with Gasteiger partial charge in [-0.15, -0.1) is 0 Å². The van der Waals surface area contributed by atoms with Crippen molar-refractivity contribution in [3.05, 3.63) is 0 Å². The molecule has 0 bridgehead atoms. The van der Waals surface area contributed by atoms with Gasteiger partial charge in [0.2, 0.25) is 17.7 Å². The van der Waals surface area contributed by atoms with Crippen molar-refractivity contribution < 1.29 is 24.0 Å². The van der Waals surface area contributed by atoms with E-state index in [-0.39, 0.29) is 47.3 Å². The summed E-state index contributed by atoms with van der Waals surface area (Å²) in [6, 6.07) is -1.48. The molecular formula is C29H57N7O5S. The number of amides is 3. The Kier molecular flexibility index (Phi) is 24.2. The summed E-state index contributed by atoms with van der Waals surface area (Å²) in [4.78, 5) is 62.3. The van der Waals surface area contributed by atoms with Crippen molar-refractivity contribution in [1.82, 2.24) is 31.9 Å². The molecule has 0 saturated carbocycles. The summed E-state index contributed by atoms with van der Waals surface area (Å²) >= 11 is 1.27. The molecule has 8 N–H and O–H groups in total. The molecule has 0 unspecified atom stereocenters. The summed E-state index contributed by atoms with van der Waals surface area (Å²) in [6.07, 6.45) is 6.59. The average Bonchev–Trinajstić information content (AvgIpc) is 2.95. The number of rotatable bonds is 28. The van der Waals surface area contributed by atoms with Gasteiger partial charge in [0.15, 0.2) is 5.78 Å². The van der Waals surface area contributed by atoms with Crippen LogP contribution in [0.2, 0.25) is 0 Å². The second-order valence-corrected chi connectivity index (χ2v) is 11.7. The van der Waals surface area contributed by atoms with E-state index in [4.69, 9.17) is 5.73 Å². The second kappa shape index (κ2) is 25.4. The zero-order valence-electron chi connectivity index (χ0n) is 26.4. The van der Waals surface area contributed by atoms with Crippen molar-refractivity contribution in [2.24, 2.45) is 11.7 Å². The van der Waals surface area contributed by atoms with Crippen molar-refractivity contribution in [2.75, 3.05) is 59.3 Å². The van der Waals surface area contributed by atoms with Gasteiger partial charge in [-0.2, -0.15) is 11.8 Å². The molecule has 0 aliphatic heterocycles. The molecule has 0 aliphatic carbocycles. The lowest BCUT2D eigenvalue weighted by Crippen LogP contribution is -2.50. The first-order valence-electron chi connectivity index (χ1n) is 15.2. The Labute approximate surface area is 257 Å². The number of nitrogens with two attached hydrogens (primary N) is 1. The minimum absolute atomic E-state index is 0.0190. The zero-order chi connectivity index (χ0) is 31.8. The molecule has 0 radical (unpaired) electrons. The molecule has 3 amide bonds. The van der Waals surface area contributed by atoms with E-state index in [1.807, 2.05) is 14.1 Å². The third kappa shape index (κ3) is 19.2. The van der Waals surface area contributed by atoms with Crippen LogP contribution >= 0.6 is 11.8 Å². The van der Waals surface area contributed by atoms with Crippen LogP contribution < -0.4 is 37.6 Å². The highest BCUT2D eigenvalue weighted by Crippen LogP contribution is 2.16. The molecule has 0 heterocycles. The van der Waals surface area contributed by atoms with Crippen LogP contribution in [0.4, 0.5) is 0 Å². The van der Waals surface area contributed by atoms with Crippen molar-refractivity contribution in [1.29, 1.82) is 0 Å². The molecule has 0 rings (SSSR count). The minimum Gasteiger partial charge on any atom is -0.369 e. The number of carbonyl (C=O) groups is 5. The summed E-state index contributed by atoms with van der Waals surface area (Å²) in [5, 5.41) is 18.2. The van der Waals surface area contributed by atoms with Crippen molar-refractivity contribution in [3.8, 4) is 0 Å².